The lowest BCUT2D eigenvalue weighted by molar-refractivity contribution is 0.203. The average molecular weight is 264 g/mol. The van der Waals surface area contributed by atoms with Crippen molar-refractivity contribution >= 4 is 0 Å². The third-order valence-corrected chi connectivity index (χ3v) is 5.99. The Bertz CT molecular complexity index is 306. The second-order valence-electron chi connectivity index (χ2n) is 8.08. The first-order valence-corrected chi connectivity index (χ1v) is 8.43. The maximum Gasteiger partial charge on any atom is -0.0152 e. The van der Waals surface area contributed by atoms with E-state index in [1.807, 2.05) is 0 Å². The van der Waals surface area contributed by atoms with Gasteiger partial charge in [0.1, 0.15) is 0 Å². The lowest BCUT2D eigenvalue weighted by atomic mass is 9.74. The topological polar surface area (TPSA) is 0 Å². The SMILES string of the molecule is CCC1C(=CCCCC(C)(C)CC)CC(C)C1(C)C. The van der Waals surface area contributed by atoms with Crippen molar-refractivity contribution in [3.63, 3.8) is 0 Å². The average Bonchev–Trinajstić information content (AvgIpc) is 2.55. The van der Waals surface area contributed by atoms with E-state index in [1.54, 1.807) is 5.57 Å². The van der Waals surface area contributed by atoms with Gasteiger partial charge < -0.3 is 0 Å². The monoisotopic (exact) mass is 264 g/mol. The lowest BCUT2D eigenvalue weighted by Crippen LogP contribution is -2.23. The summed E-state index contributed by atoms with van der Waals surface area (Å²) in [5, 5.41) is 0. The highest BCUT2D eigenvalue weighted by Gasteiger charge is 2.42. The van der Waals surface area contributed by atoms with Crippen molar-refractivity contribution in [3.05, 3.63) is 11.6 Å². The fraction of sp³-hybridized carbons (Fsp3) is 0.895. The van der Waals surface area contributed by atoms with Gasteiger partial charge in [0, 0.05) is 0 Å². The third-order valence-electron chi connectivity index (χ3n) is 5.99. The van der Waals surface area contributed by atoms with E-state index in [1.165, 1.54) is 38.5 Å². The Morgan fingerprint density at radius 1 is 1.26 bits per heavy atom. The largest absolute Gasteiger partial charge is 0.0850 e. The molecule has 0 aliphatic heterocycles. The summed E-state index contributed by atoms with van der Waals surface area (Å²) in [6, 6.07) is 0. The second-order valence-corrected chi connectivity index (χ2v) is 8.08. The van der Waals surface area contributed by atoms with Crippen LogP contribution in [0.15, 0.2) is 11.6 Å². The number of allylic oxidation sites excluding steroid dienone is 2. The molecule has 0 heterocycles. The van der Waals surface area contributed by atoms with Crippen LogP contribution in [0.1, 0.15) is 87.0 Å². The molecule has 0 aromatic heterocycles. The zero-order valence-corrected chi connectivity index (χ0v) is 14.5. The molecule has 0 heteroatoms. The van der Waals surface area contributed by atoms with E-state index in [0.717, 1.165) is 11.8 Å². The molecule has 1 saturated carbocycles. The van der Waals surface area contributed by atoms with Gasteiger partial charge >= 0.3 is 0 Å². The molecule has 2 unspecified atom stereocenters. The lowest BCUT2D eigenvalue weighted by Gasteiger charge is -2.30. The minimum absolute atomic E-state index is 0.503. The van der Waals surface area contributed by atoms with Gasteiger partial charge in [0.15, 0.2) is 0 Å². The zero-order valence-electron chi connectivity index (χ0n) is 14.5. The number of unbranched alkanes of at least 4 members (excludes halogenated alkanes) is 1. The number of hydrogen-bond acceptors (Lipinski definition) is 0. The van der Waals surface area contributed by atoms with E-state index in [-0.39, 0.29) is 0 Å². The van der Waals surface area contributed by atoms with Gasteiger partial charge in [0.25, 0.3) is 0 Å². The van der Waals surface area contributed by atoms with Crippen molar-refractivity contribution in [2.75, 3.05) is 0 Å². The molecule has 19 heavy (non-hydrogen) atoms. The van der Waals surface area contributed by atoms with Crippen molar-refractivity contribution in [2.45, 2.75) is 87.0 Å². The van der Waals surface area contributed by atoms with Crippen LogP contribution >= 0.6 is 0 Å². The number of hydrogen-bond donors (Lipinski definition) is 0. The van der Waals surface area contributed by atoms with E-state index in [2.05, 4.69) is 54.5 Å². The Morgan fingerprint density at radius 3 is 2.42 bits per heavy atom. The van der Waals surface area contributed by atoms with Crippen molar-refractivity contribution in [2.24, 2.45) is 22.7 Å². The van der Waals surface area contributed by atoms with Gasteiger partial charge in [-0.3, -0.25) is 0 Å². The molecule has 0 aromatic carbocycles. The molecule has 0 amide bonds. The quantitative estimate of drug-likeness (QED) is 0.374. The van der Waals surface area contributed by atoms with Crippen LogP contribution < -0.4 is 0 Å². The van der Waals surface area contributed by atoms with Gasteiger partial charge in [-0.15, -0.1) is 0 Å². The summed E-state index contributed by atoms with van der Waals surface area (Å²) < 4.78 is 0. The molecule has 1 aliphatic carbocycles. The molecule has 0 spiro atoms. The van der Waals surface area contributed by atoms with E-state index in [0.29, 0.717) is 10.8 Å². The molecule has 2 atom stereocenters. The highest BCUT2D eigenvalue weighted by atomic mass is 14.5. The predicted molar refractivity (Wildman–Crippen MR) is 87.3 cm³/mol. The van der Waals surface area contributed by atoms with Crippen LogP contribution in [0, 0.1) is 22.7 Å². The zero-order chi connectivity index (χ0) is 14.7. The first-order chi connectivity index (χ1) is 8.74. The van der Waals surface area contributed by atoms with Crippen LogP contribution in [0.4, 0.5) is 0 Å². The predicted octanol–water partition coefficient (Wildman–Crippen LogP) is 6.61. The molecule has 112 valence electrons. The fourth-order valence-electron chi connectivity index (χ4n) is 3.64. The molecule has 0 N–H and O–H groups in total. The van der Waals surface area contributed by atoms with Crippen molar-refractivity contribution in [1.82, 2.24) is 0 Å². The molecule has 0 saturated heterocycles. The van der Waals surface area contributed by atoms with Gasteiger partial charge in [0.2, 0.25) is 0 Å². The fourth-order valence-corrected chi connectivity index (χ4v) is 3.64. The van der Waals surface area contributed by atoms with Gasteiger partial charge in [-0.1, -0.05) is 66.5 Å². The first kappa shape index (κ1) is 16.8. The highest BCUT2D eigenvalue weighted by Crippen LogP contribution is 2.51. The molecule has 0 nitrogen and oxygen atoms in total. The Hall–Kier alpha value is -0.260. The summed E-state index contributed by atoms with van der Waals surface area (Å²) in [5.41, 5.74) is 2.79. The third kappa shape index (κ3) is 4.10. The highest BCUT2D eigenvalue weighted by molar-refractivity contribution is 5.18. The summed E-state index contributed by atoms with van der Waals surface area (Å²) in [6.07, 6.45) is 10.5. The molecule has 0 aromatic rings. The van der Waals surface area contributed by atoms with E-state index >= 15 is 0 Å². The Kier molecular flexibility index (Phi) is 5.71. The van der Waals surface area contributed by atoms with E-state index < -0.39 is 0 Å². The Labute approximate surface area is 122 Å². The smallest absolute Gasteiger partial charge is 0.0152 e. The van der Waals surface area contributed by atoms with Gasteiger partial charge in [-0.25, -0.2) is 0 Å². The van der Waals surface area contributed by atoms with Crippen LogP contribution in [0.5, 0.6) is 0 Å². The summed E-state index contributed by atoms with van der Waals surface area (Å²) in [5.74, 6) is 1.66. The maximum absolute atomic E-state index is 2.59. The minimum Gasteiger partial charge on any atom is -0.0850 e. The minimum atomic E-state index is 0.503. The van der Waals surface area contributed by atoms with Gasteiger partial charge in [-0.05, 0) is 54.8 Å². The Balaban J connectivity index is 2.54. The molecular weight excluding hydrogens is 228 g/mol. The van der Waals surface area contributed by atoms with Gasteiger partial charge in [-0.2, -0.15) is 0 Å². The van der Waals surface area contributed by atoms with Crippen molar-refractivity contribution in [3.8, 4) is 0 Å². The summed E-state index contributed by atoms with van der Waals surface area (Å²) in [6.45, 7) is 16.8. The first-order valence-electron chi connectivity index (χ1n) is 8.43. The second kappa shape index (κ2) is 6.46. The van der Waals surface area contributed by atoms with Crippen molar-refractivity contribution < 1.29 is 0 Å². The van der Waals surface area contributed by atoms with Crippen LogP contribution in [0.2, 0.25) is 0 Å². The van der Waals surface area contributed by atoms with Crippen molar-refractivity contribution in [1.29, 1.82) is 0 Å². The molecular formula is C19H36. The van der Waals surface area contributed by atoms with Crippen LogP contribution in [-0.4, -0.2) is 0 Å². The van der Waals surface area contributed by atoms with E-state index in [4.69, 9.17) is 0 Å². The van der Waals surface area contributed by atoms with Crippen LogP contribution in [0.25, 0.3) is 0 Å². The summed E-state index contributed by atoms with van der Waals surface area (Å²) in [4.78, 5) is 0. The molecule has 1 fully saturated rings. The summed E-state index contributed by atoms with van der Waals surface area (Å²) in [7, 11) is 0. The summed E-state index contributed by atoms with van der Waals surface area (Å²) >= 11 is 0. The molecule has 0 radical (unpaired) electrons. The normalized spacial score (nSPS) is 29.1. The molecule has 1 aliphatic rings. The molecule has 0 bridgehead atoms. The molecule has 1 rings (SSSR count). The number of rotatable bonds is 6. The Morgan fingerprint density at radius 2 is 1.89 bits per heavy atom. The van der Waals surface area contributed by atoms with Gasteiger partial charge in [0.05, 0.1) is 0 Å². The van der Waals surface area contributed by atoms with Crippen LogP contribution in [-0.2, 0) is 0 Å². The maximum atomic E-state index is 2.59. The standard InChI is InChI=1S/C19H36/c1-8-17-16(14-15(3)19(17,6)7)12-10-11-13-18(4,5)9-2/h12,15,17H,8-11,13-14H2,1-7H3. The van der Waals surface area contributed by atoms with E-state index in [9.17, 15) is 0 Å². The van der Waals surface area contributed by atoms with Crippen LogP contribution in [0.3, 0.4) is 0 Å².